The van der Waals surface area contributed by atoms with Crippen LogP contribution in [-0.4, -0.2) is 18.4 Å². The van der Waals surface area contributed by atoms with Gasteiger partial charge in [0.15, 0.2) is 0 Å². The molecule has 0 atom stereocenters. The van der Waals surface area contributed by atoms with Crippen molar-refractivity contribution in [2.45, 2.75) is 26.7 Å². The van der Waals surface area contributed by atoms with Crippen molar-refractivity contribution in [1.82, 2.24) is 0 Å². The molecule has 0 radical (unpaired) electrons. The Kier molecular flexibility index (Phi) is 6.15. The Morgan fingerprint density at radius 2 is 1.88 bits per heavy atom. The van der Waals surface area contributed by atoms with E-state index in [1.54, 1.807) is 0 Å². The number of carbonyl (C=O) groups excluding carboxylic acids is 2. The fraction of sp³-hybridized carbons (Fsp3) is 0.263. The van der Waals surface area contributed by atoms with Crippen LogP contribution in [0.3, 0.4) is 0 Å². The molecule has 0 aliphatic rings. The van der Waals surface area contributed by atoms with Crippen molar-refractivity contribution in [3.8, 4) is 0 Å². The van der Waals surface area contributed by atoms with Crippen molar-refractivity contribution in [2.75, 3.05) is 16.8 Å². The molecule has 2 aromatic carbocycles. The molecular weight excluding hydrogens is 343 g/mol. The number of rotatable bonds is 5. The topological polar surface area (TPSA) is 49.4 Å². The predicted octanol–water partition coefficient (Wildman–Crippen LogP) is 4.59. The molecule has 0 saturated carbocycles. The van der Waals surface area contributed by atoms with Crippen LogP contribution in [0, 0.1) is 5.82 Å². The van der Waals surface area contributed by atoms with Crippen molar-refractivity contribution < 1.29 is 14.0 Å². The van der Waals surface area contributed by atoms with E-state index in [1.165, 1.54) is 30.0 Å². The van der Waals surface area contributed by atoms with Crippen molar-refractivity contribution in [1.29, 1.82) is 0 Å². The summed E-state index contributed by atoms with van der Waals surface area (Å²) in [6, 6.07) is 11.4. The van der Waals surface area contributed by atoms with Crippen molar-refractivity contribution >= 4 is 34.8 Å². The monoisotopic (exact) mass is 362 g/mol. The highest BCUT2D eigenvalue weighted by Crippen LogP contribution is 2.27. The van der Waals surface area contributed by atoms with E-state index < -0.39 is 11.7 Å². The molecule has 0 bridgehead atoms. The number of nitrogens with one attached hydrogen (secondary N) is 1. The number of hydrogen-bond donors (Lipinski definition) is 1. The number of nitrogens with zero attached hydrogens (tertiary/aromatic N) is 1. The fourth-order valence-electron chi connectivity index (χ4n) is 2.51. The molecule has 25 heavy (non-hydrogen) atoms. The van der Waals surface area contributed by atoms with Crippen LogP contribution in [0.5, 0.6) is 0 Å². The second-order valence-electron chi connectivity index (χ2n) is 6.00. The zero-order valence-electron chi connectivity index (χ0n) is 14.3. The standard InChI is InChI=1S/C19H20ClFN2O2/c1-12(2)15-6-4-5-7-18(15)23(13(3)24)11-19(25)22-14-8-9-17(21)16(20)10-14/h4-10,12H,11H2,1-3H3,(H,22,25). The Balaban J connectivity index is 2.20. The summed E-state index contributed by atoms with van der Waals surface area (Å²) in [5, 5.41) is 2.55. The van der Waals surface area contributed by atoms with Gasteiger partial charge in [-0.25, -0.2) is 4.39 Å². The first kappa shape index (κ1) is 18.9. The molecule has 1 N–H and O–H groups in total. The molecule has 0 aliphatic carbocycles. The number of hydrogen-bond acceptors (Lipinski definition) is 2. The van der Waals surface area contributed by atoms with Gasteiger partial charge in [0.2, 0.25) is 11.8 Å². The fourth-order valence-corrected chi connectivity index (χ4v) is 2.69. The maximum atomic E-state index is 13.2. The second kappa shape index (κ2) is 8.12. The van der Waals surface area contributed by atoms with Gasteiger partial charge in [0.05, 0.1) is 5.02 Å². The SMILES string of the molecule is CC(=O)N(CC(=O)Nc1ccc(F)c(Cl)c1)c1ccccc1C(C)C. The predicted molar refractivity (Wildman–Crippen MR) is 98.6 cm³/mol. The zero-order valence-corrected chi connectivity index (χ0v) is 15.1. The summed E-state index contributed by atoms with van der Waals surface area (Å²) < 4.78 is 13.2. The first-order valence-corrected chi connectivity index (χ1v) is 8.29. The van der Waals surface area contributed by atoms with E-state index in [1.807, 2.05) is 38.1 Å². The lowest BCUT2D eigenvalue weighted by Gasteiger charge is -2.25. The van der Waals surface area contributed by atoms with Crippen LogP contribution in [0.2, 0.25) is 5.02 Å². The first-order valence-electron chi connectivity index (χ1n) is 7.91. The third kappa shape index (κ3) is 4.79. The number of anilines is 2. The number of halogens is 2. The molecule has 0 aliphatic heterocycles. The molecule has 0 heterocycles. The van der Waals surface area contributed by atoms with Gasteiger partial charge in [-0.1, -0.05) is 43.6 Å². The van der Waals surface area contributed by atoms with Gasteiger partial charge in [-0.2, -0.15) is 0 Å². The van der Waals surface area contributed by atoms with Crippen molar-refractivity contribution in [3.05, 3.63) is 58.9 Å². The van der Waals surface area contributed by atoms with Crippen LogP contribution in [0.25, 0.3) is 0 Å². The van der Waals surface area contributed by atoms with Gasteiger partial charge in [0.1, 0.15) is 12.4 Å². The lowest BCUT2D eigenvalue weighted by molar-refractivity contribution is -0.120. The number of benzene rings is 2. The van der Waals surface area contributed by atoms with Crippen molar-refractivity contribution in [2.24, 2.45) is 0 Å². The smallest absolute Gasteiger partial charge is 0.244 e. The second-order valence-corrected chi connectivity index (χ2v) is 6.40. The molecule has 0 aromatic heterocycles. The van der Waals surface area contributed by atoms with Gasteiger partial charge in [-0.05, 0) is 35.7 Å². The van der Waals surface area contributed by atoms with Crippen LogP contribution < -0.4 is 10.2 Å². The maximum Gasteiger partial charge on any atom is 0.244 e. The van der Waals surface area contributed by atoms with Gasteiger partial charge < -0.3 is 10.2 Å². The number of amides is 2. The summed E-state index contributed by atoms with van der Waals surface area (Å²) in [5.74, 6) is -0.982. The van der Waals surface area contributed by atoms with Gasteiger partial charge in [0.25, 0.3) is 0 Å². The molecule has 6 heteroatoms. The zero-order chi connectivity index (χ0) is 18.6. The number of carbonyl (C=O) groups is 2. The van der Waals surface area contributed by atoms with Crippen LogP contribution in [0.4, 0.5) is 15.8 Å². The normalized spacial score (nSPS) is 10.6. The Labute approximate surface area is 151 Å². The Bertz CT molecular complexity index is 793. The summed E-state index contributed by atoms with van der Waals surface area (Å²) in [6.45, 7) is 5.32. The molecule has 0 fully saturated rings. The summed E-state index contributed by atoms with van der Waals surface area (Å²) in [5.41, 5.74) is 2.06. The van der Waals surface area contributed by atoms with E-state index >= 15 is 0 Å². The summed E-state index contributed by atoms with van der Waals surface area (Å²) in [6.07, 6.45) is 0. The van der Waals surface area contributed by atoms with Crippen LogP contribution >= 0.6 is 11.6 Å². The molecule has 2 rings (SSSR count). The molecule has 2 aromatic rings. The lowest BCUT2D eigenvalue weighted by atomic mass is 10.0. The largest absolute Gasteiger partial charge is 0.324 e. The van der Waals surface area contributed by atoms with Gasteiger partial charge in [-0.3, -0.25) is 9.59 Å². The molecular formula is C19H20ClFN2O2. The quantitative estimate of drug-likeness (QED) is 0.845. The third-order valence-electron chi connectivity index (χ3n) is 3.73. The highest BCUT2D eigenvalue weighted by molar-refractivity contribution is 6.31. The van der Waals surface area contributed by atoms with E-state index in [4.69, 9.17) is 11.6 Å². The van der Waals surface area contributed by atoms with E-state index in [2.05, 4.69) is 5.32 Å². The molecule has 2 amide bonds. The van der Waals surface area contributed by atoms with E-state index in [-0.39, 0.29) is 23.4 Å². The Morgan fingerprint density at radius 3 is 2.48 bits per heavy atom. The van der Waals surface area contributed by atoms with E-state index in [9.17, 15) is 14.0 Å². The Hall–Kier alpha value is -2.40. The first-order chi connectivity index (χ1) is 11.8. The van der Waals surface area contributed by atoms with Gasteiger partial charge in [-0.15, -0.1) is 0 Å². The lowest BCUT2D eigenvalue weighted by Crippen LogP contribution is -2.37. The molecule has 0 spiro atoms. The van der Waals surface area contributed by atoms with Gasteiger partial charge >= 0.3 is 0 Å². The summed E-state index contributed by atoms with van der Waals surface area (Å²) >= 11 is 5.71. The van der Waals surface area contributed by atoms with Gasteiger partial charge in [0, 0.05) is 18.3 Å². The minimum absolute atomic E-state index is 0.0774. The summed E-state index contributed by atoms with van der Waals surface area (Å²) in [4.78, 5) is 25.8. The minimum atomic E-state index is -0.559. The van der Waals surface area contributed by atoms with E-state index in [0.29, 0.717) is 11.4 Å². The third-order valence-corrected chi connectivity index (χ3v) is 4.02. The molecule has 4 nitrogen and oxygen atoms in total. The number of para-hydroxylation sites is 1. The maximum absolute atomic E-state index is 13.2. The van der Waals surface area contributed by atoms with Crippen LogP contribution in [-0.2, 0) is 9.59 Å². The van der Waals surface area contributed by atoms with Crippen LogP contribution in [0.1, 0.15) is 32.3 Å². The molecule has 0 saturated heterocycles. The molecule has 0 unspecified atom stereocenters. The average molecular weight is 363 g/mol. The van der Waals surface area contributed by atoms with E-state index in [0.717, 1.165) is 5.56 Å². The summed E-state index contributed by atoms with van der Waals surface area (Å²) in [7, 11) is 0. The minimum Gasteiger partial charge on any atom is -0.324 e. The average Bonchev–Trinajstić information content (AvgIpc) is 2.55. The Morgan fingerprint density at radius 1 is 1.20 bits per heavy atom. The highest BCUT2D eigenvalue weighted by atomic mass is 35.5. The highest BCUT2D eigenvalue weighted by Gasteiger charge is 2.20. The van der Waals surface area contributed by atoms with Crippen molar-refractivity contribution in [3.63, 3.8) is 0 Å². The van der Waals surface area contributed by atoms with Crippen LogP contribution in [0.15, 0.2) is 42.5 Å². The molecule has 132 valence electrons.